The molecule has 0 aromatic rings. The van der Waals surface area contributed by atoms with E-state index in [4.69, 9.17) is 0 Å². The Morgan fingerprint density at radius 2 is 1.62 bits per heavy atom. The minimum atomic E-state index is -0.354. The molecule has 2 nitrogen and oxygen atoms in total. The van der Waals surface area contributed by atoms with Crippen molar-refractivity contribution in [3.8, 4) is 0 Å². The molecular weight excluding hydrogens is 320 g/mol. The van der Waals surface area contributed by atoms with Crippen molar-refractivity contribution >= 4 is 5.78 Å². The number of unbranched alkanes of at least 4 members (excludes halogenated alkanes) is 6. The van der Waals surface area contributed by atoms with Crippen molar-refractivity contribution in [1.82, 2.24) is 0 Å². The second-order valence-electron chi connectivity index (χ2n) is 8.10. The maximum atomic E-state index is 12.1. The van der Waals surface area contributed by atoms with Crippen LogP contribution >= 0.6 is 0 Å². The summed E-state index contributed by atoms with van der Waals surface area (Å²) in [5.41, 5.74) is 2.26. The highest BCUT2D eigenvalue weighted by atomic mass is 16.3. The first-order valence-corrected chi connectivity index (χ1v) is 10.9. The lowest BCUT2D eigenvalue weighted by Gasteiger charge is -2.18. The van der Waals surface area contributed by atoms with E-state index in [1.54, 1.807) is 0 Å². The van der Waals surface area contributed by atoms with Gasteiger partial charge in [0.25, 0.3) is 0 Å². The maximum Gasteiger partial charge on any atom is 0.133 e. The fourth-order valence-corrected chi connectivity index (χ4v) is 3.42. The molecule has 152 valence electrons. The molecule has 2 unspecified atom stereocenters. The second-order valence-corrected chi connectivity index (χ2v) is 8.10. The molecule has 0 fully saturated rings. The largest absolute Gasteiger partial charge is 0.389 e. The SMILES string of the molecule is C=CCCCCCCCCC(=O)CCC(C)=C(C)C(O)CC(C)CCC. The Kier molecular flexibility index (Phi) is 15.7. The molecule has 0 heterocycles. The first-order valence-electron chi connectivity index (χ1n) is 10.9. The van der Waals surface area contributed by atoms with E-state index in [2.05, 4.69) is 27.4 Å². The molecule has 0 radical (unpaired) electrons. The van der Waals surface area contributed by atoms with Gasteiger partial charge in [0.2, 0.25) is 0 Å². The number of hydrogen-bond acceptors (Lipinski definition) is 2. The fraction of sp³-hybridized carbons (Fsp3) is 0.792. The predicted octanol–water partition coefficient (Wildman–Crippen LogP) is 7.17. The zero-order chi connectivity index (χ0) is 19.8. The van der Waals surface area contributed by atoms with Gasteiger partial charge in [0.1, 0.15) is 5.78 Å². The lowest BCUT2D eigenvalue weighted by molar-refractivity contribution is -0.119. The standard InChI is InChI=1S/C24H44O2/c1-6-8-9-10-11-12-13-14-16-23(25)18-17-21(4)22(5)24(26)19-20(3)15-7-2/h6,20,24,26H,1,7-19H2,2-5H3. The van der Waals surface area contributed by atoms with E-state index in [1.165, 1.54) is 44.1 Å². The van der Waals surface area contributed by atoms with Gasteiger partial charge in [-0.3, -0.25) is 4.79 Å². The topological polar surface area (TPSA) is 37.3 Å². The number of aliphatic hydroxyl groups is 1. The average Bonchev–Trinajstić information content (AvgIpc) is 2.61. The summed E-state index contributed by atoms with van der Waals surface area (Å²) in [4.78, 5) is 12.1. The van der Waals surface area contributed by atoms with Gasteiger partial charge in [0.15, 0.2) is 0 Å². The van der Waals surface area contributed by atoms with Gasteiger partial charge < -0.3 is 5.11 Å². The van der Waals surface area contributed by atoms with Gasteiger partial charge in [-0.25, -0.2) is 0 Å². The molecule has 2 heteroatoms. The lowest BCUT2D eigenvalue weighted by Crippen LogP contribution is -2.14. The maximum absolute atomic E-state index is 12.1. The highest BCUT2D eigenvalue weighted by Gasteiger charge is 2.14. The van der Waals surface area contributed by atoms with Gasteiger partial charge in [0.05, 0.1) is 6.10 Å². The molecule has 2 atom stereocenters. The smallest absolute Gasteiger partial charge is 0.133 e. The minimum absolute atomic E-state index is 0.354. The molecule has 1 N–H and O–H groups in total. The number of carbonyl (C=O) groups excluding carboxylic acids is 1. The molecule has 0 aromatic carbocycles. The van der Waals surface area contributed by atoms with Crippen LogP contribution in [0.4, 0.5) is 0 Å². The summed E-state index contributed by atoms with van der Waals surface area (Å²) in [5, 5.41) is 10.4. The van der Waals surface area contributed by atoms with Crippen molar-refractivity contribution in [3.63, 3.8) is 0 Å². The molecule has 0 rings (SSSR count). The van der Waals surface area contributed by atoms with E-state index in [1.807, 2.05) is 13.0 Å². The molecule has 0 aliphatic rings. The molecule has 26 heavy (non-hydrogen) atoms. The molecule has 0 aromatic heterocycles. The summed E-state index contributed by atoms with van der Waals surface area (Å²) < 4.78 is 0. The van der Waals surface area contributed by atoms with Crippen molar-refractivity contribution in [2.45, 2.75) is 117 Å². The summed E-state index contributed by atoms with van der Waals surface area (Å²) >= 11 is 0. The first-order chi connectivity index (χ1) is 12.4. The molecule has 0 bridgehead atoms. The molecule has 0 aliphatic carbocycles. The third kappa shape index (κ3) is 13.3. The Labute approximate surface area is 163 Å². The van der Waals surface area contributed by atoms with Crippen LogP contribution in [-0.2, 0) is 4.79 Å². The van der Waals surface area contributed by atoms with Crippen LogP contribution in [-0.4, -0.2) is 17.0 Å². The lowest BCUT2D eigenvalue weighted by atomic mass is 9.92. The van der Waals surface area contributed by atoms with E-state index in [0.29, 0.717) is 18.1 Å². The highest BCUT2D eigenvalue weighted by molar-refractivity contribution is 5.78. The Morgan fingerprint density at radius 1 is 1.00 bits per heavy atom. The third-order valence-corrected chi connectivity index (χ3v) is 5.47. The molecule has 0 saturated heterocycles. The van der Waals surface area contributed by atoms with Crippen molar-refractivity contribution in [3.05, 3.63) is 23.8 Å². The number of carbonyl (C=O) groups is 1. The van der Waals surface area contributed by atoms with E-state index in [-0.39, 0.29) is 6.10 Å². The third-order valence-electron chi connectivity index (χ3n) is 5.47. The van der Waals surface area contributed by atoms with E-state index in [9.17, 15) is 9.90 Å². The summed E-state index contributed by atoms with van der Waals surface area (Å²) in [6.07, 6.45) is 15.3. The molecule has 0 amide bonds. The second kappa shape index (κ2) is 16.3. The van der Waals surface area contributed by atoms with Gasteiger partial charge in [-0.2, -0.15) is 0 Å². The van der Waals surface area contributed by atoms with Gasteiger partial charge in [-0.05, 0) is 57.4 Å². The van der Waals surface area contributed by atoms with E-state index in [0.717, 1.165) is 44.1 Å². The van der Waals surface area contributed by atoms with Crippen LogP contribution in [0.15, 0.2) is 23.8 Å². The Morgan fingerprint density at radius 3 is 2.23 bits per heavy atom. The summed E-state index contributed by atoms with van der Waals surface area (Å²) in [6, 6.07) is 0. The molecular formula is C24H44O2. The van der Waals surface area contributed by atoms with Gasteiger partial charge >= 0.3 is 0 Å². The van der Waals surface area contributed by atoms with Crippen molar-refractivity contribution in [2.75, 3.05) is 0 Å². The Bertz CT molecular complexity index is 408. The number of aliphatic hydroxyl groups excluding tert-OH is 1. The van der Waals surface area contributed by atoms with Crippen LogP contribution < -0.4 is 0 Å². The van der Waals surface area contributed by atoms with Crippen LogP contribution in [0, 0.1) is 5.92 Å². The highest BCUT2D eigenvalue weighted by Crippen LogP contribution is 2.21. The van der Waals surface area contributed by atoms with E-state index < -0.39 is 0 Å². The first kappa shape index (κ1) is 25.1. The zero-order valence-electron chi connectivity index (χ0n) is 18.0. The van der Waals surface area contributed by atoms with Gasteiger partial charge in [0, 0.05) is 12.8 Å². The number of rotatable bonds is 17. The van der Waals surface area contributed by atoms with Crippen molar-refractivity contribution < 1.29 is 9.90 Å². The van der Waals surface area contributed by atoms with Crippen LogP contribution in [0.2, 0.25) is 0 Å². The summed E-state index contributed by atoms with van der Waals surface area (Å²) in [5.74, 6) is 0.925. The Balaban J connectivity index is 3.92. The van der Waals surface area contributed by atoms with Crippen LogP contribution in [0.5, 0.6) is 0 Å². The quantitative estimate of drug-likeness (QED) is 0.219. The number of allylic oxidation sites excluding steroid dienone is 2. The normalized spacial score (nSPS) is 14.7. The predicted molar refractivity (Wildman–Crippen MR) is 114 cm³/mol. The average molecular weight is 365 g/mol. The number of Topliss-reactive ketones (excluding diaryl/α,β-unsaturated/α-hetero) is 1. The minimum Gasteiger partial charge on any atom is -0.389 e. The summed E-state index contributed by atoms with van der Waals surface area (Å²) in [6.45, 7) is 12.2. The molecule has 0 spiro atoms. The number of ketones is 1. The zero-order valence-corrected chi connectivity index (χ0v) is 18.0. The van der Waals surface area contributed by atoms with Gasteiger partial charge in [-0.1, -0.05) is 64.0 Å². The van der Waals surface area contributed by atoms with Crippen LogP contribution in [0.25, 0.3) is 0 Å². The molecule has 0 aliphatic heterocycles. The van der Waals surface area contributed by atoms with Crippen LogP contribution in [0.1, 0.15) is 111 Å². The monoisotopic (exact) mass is 364 g/mol. The van der Waals surface area contributed by atoms with Gasteiger partial charge in [-0.15, -0.1) is 6.58 Å². The summed E-state index contributed by atoms with van der Waals surface area (Å²) in [7, 11) is 0. The Hall–Kier alpha value is -0.890. The van der Waals surface area contributed by atoms with Crippen molar-refractivity contribution in [1.29, 1.82) is 0 Å². The number of hydrogen-bond donors (Lipinski definition) is 1. The van der Waals surface area contributed by atoms with E-state index >= 15 is 0 Å². The fourth-order valence-electron chi connectivity index (χ4n) is 3.42. The van der Waals surface area contributed by atoms with Crippen LogP contribution in [0.3, 0.4) is 0 Å². The van der Waals surface area contributed by atoms with Crippen molar-refractivity contribution in [2.24, 2.45) is 5.92 Å². The molecule has 0 saturated carbocycles.